The topological polar surface area (TPSA) is 20.3 Å². The third-order valence-corrected chi connectivity index (χ3v) is 2.96. The molecule has 6 heteroatoms. The largest absolute Gasteiger partial charge is 0.406 e. The van der Waals surface area contributed by atoms with Crippen molar-refractivity contribution in [3.05, 3.63) is 0 Å². The molecule has 0 saturated heterocycles. The van der Waals surface area contributed by atoms with Crippen LogP contribution >= 0.6 is 11.6 Å². The lowest BCUT2D eigenvalue weighted by Gasteiger charge is -2.30. The van der Waals surface area contributed by atoms with E-state index in [2.05, 4.69) is 0 Å². The summed E-state index contributed by atoms with van der Waals surface area (Å²) in [7, 11) is 0. The van der Waals surface area contributed by atoms with Gasteiger partial charge in [0.05, 0.1) is 0 Å². The first kappa shape index (κ1) is 13.6. The van der Waals surface area contributed by atoms with Crippen molar-refractivity contribution in [3.63, 3.8) is 0 Å². The Morgan fingerprint density at radius 3 is 2.44 bits per heavy atom. The Labute approximate surface area is 97.7 Å². The Morgan fingerprint density at radius 1 is 1.50 bits per heavy atom. The maximum absolute atomic E-state index is 12.3. The number of alkyl halides is 4. The lowest BCUT2D eigenvalue weighted by Crippen LogP contribution is -2.45. The summed E-state index contributed by atoms with van der Waals surface area (Å²) in [5.74, 6) is -0.224. The molecule has 0 heterocycles. The third-order valence-electron chi connectivity index (χ3n) is 2.77. The number of amides is 1. The van der Waals surface area contributed by atoms with Crippen LogP contribution in [0.25, 0.3) is 0 Å². The molecule has 1 rings (SSSR count). The standard InChI is InChI=1S/C10H15ClF3NO/c1-7(8-2-3-8)15(6-10(12,13)14)9(16)4-5-11/h7-8H,2-6H2,1H3. The molecular formula is C10H15ClF3NO. The second kappa shape index (κ2) is 5.25. The molecule has 0 spiro atoms. The first-order valence-electron chi connectivity index (χ1n) is 5.27. The van der Waals surface area contributed by atoms with Crippen LogP contribution in [0.15, 0.2) is 0 Å². The summed E-state index contributed by atoms with van der Waals surface area (Å²) in [5.41, 5.74) is 0. The van der Waals surface area contributed by atoms with E-state index in [1.165, 1.54) is 0 Å². The predicted molar refractivity (Wildman–Crippen MR) is 55.3 cm³/mol. The Kier molecular flexibility index (Phi) is 4.47. The van der Waals surface area contributed by atoms with Crippen LogP contribution < -0.4 is 0 Å². The second-order valence-electron chi connectivity index (χ2n) is 4.15. The molecule has 2 nitrogen and oxygen atoms in total. The van der Waals surface area contributed by atoms with Gasteiger partial charge in [0.15, 0.2) is 0 Å². The van der Waals surface area contributed by atoms with Gasteiger partial charge in [-0.1, -0.05) is 0 Å². The molecule has 1 atom stereocenters. The van der Waals surface area contributed by atoms with Crippen LogP contribution in [0.2, 0.25) is 0 Å². The molecule has 16 heavy (non-hydrogen) atoms. The summed E-state index contributed by atoms with van der Waals surface area (Å²) in [6, 6.07) is -0.336. The van der Waals surface area contributed by atoms with Crippen molar-refractivity contribution < 1.29 is 18.0 Å². The first-order chi connectivity index (χ1) is 7.35. The molecule has 0 aliphatic heterocycles. The first-order valence-corrected chi connectivity index (χ1v) is 5.81. The second-order valence-corrected chi connectivity index (χ2v) is 4.53. The van der Waals surface area contributed by atoms with E-state index in [0.717, 1.165) is 17.7 Å². The average molecular weight is 258 g/mol. The van der Waals surface area contributed by atoms with E-state index in [1.807, 2.05) is 0 Å². The molecule has 1 saturated carbocycles. The predicted octanol–water partition coefficient (Wildman–Crippen LogP) is 2.80. The van der Waals surface area contributed by atoms with Crippen molar-refractivity contribution in [2.75, 3.05) is 12.4 Å². The molecule has 0 aromatic heterocycles. The van der Waals surface area contributed by atoms with Gasteiger partial charge in [0.2, 0.25) is 5.91 Å². The van der Waals surface area contributed by atoms with Gasteiger partial charge in [0, 0.05) is 18.3 Å². The lowest BCUT2D eigenvalue weighted by atomic mass is 10.1. The van der Waals surface area contributed by atoms with Gasteiger partial charge in [-0.05, 0) is 25.7 Å². The Morgan fingerprint density at radius 2 is 2.06 bits per heavy atom. The fourth-order valence-electron chi connectivity index (χ4n) is 1.71. The fourth-order valence-corrected chi connectivity index (χ4v) is 1.87. The minimum atomic E-state index is -4.34. The minimum absolute atomic E-state index is 0.0330. The molecule has 94 valence electrons. The van der Waals surface area contributed by atoms with Crippen LogP contribution in [0.1, 0.15) is 26.2 Å². The summed E-state index contributed by atoms with van der Waals surface area (Å²) < 4.78 is 37.0. The molecule has 1 amide bonds. The molecule has 0 aromatic carbocycles. The maximum Gasteiger partial charge on any atom is 0.406 e. The van der Waals surface area contributed by atoms with Crippen LogP contribution in [0.5, 0.6) is 0 Å². The van der Waals surface area contributed by atoms with E-state index in [1.54, 1.807) is 6.92 Å². The van der Waals surface area contributed by atoms with Crippen molar-refractivity contribution in [2.24, 2.45) is 5.92 Å². The quantitative estimate of drug-likeness (QED) is 0.694. The van der Waals surface area contributed by atoms with E-state index in [9.17, 15) is 18.0 Å². The van der Waals surface area contributed by atoms with Crippen molar-refractivity contribution >= 4 is 17.5 Å². The van der Waals surface area contributed by atoms with E-state index in [-0.39, 0.29) is 24.3 Å². The van der Waals surface area contributed by atoms with E-state index in [0.29, 0.717) is 0 Å². The zero-order chi connectivity index (χ0) is 12.3. The fraction of sp³-hybridized carbons (Fsp3) is 0.900. The van der Waals surface area contributed by atoms with Gasteiger partial charge in [-0.2, -0.15) is 13.2 Å². The Balaban J connectivity index is 2.63. The van der Waals surface area contributed by atoms with Gasteiger partial charge in [-0.3, -0.25) is 4.79 Å². The molecule has 1 unspecified atom stereocenters. The van der Waals surface area contributed by atoms with Crippen molar-refractivity contribution in [1.82, 2.24) is 4.90 Å². The zero-order valence-electron chi connectivity index (χ0n) is 9.06. The molecule has 1 fully saturated rings. The van der Waals surface area contributed by atoms with Crippen LogP contribution in [-0.4, -0.2) is 35.4 Å². The summed E-state index contributed by atoms with van der Waals surface area (Å²) in [6.45, 7) is 0.510. The van der Waals surface area contributed by atoms with Crippen LogP contribution in [0.3, 0.4) is 0 Å². The third kappa shape index (κ3) is 4.20. The molecule has 1 aliphatic carbocycles. The minimum Gasteiger partial charge on any atom is -0.331 e. The number of halogens is 4. The van der Waals surface area contributed by atoms with Crippen molar-refractivity contribution in [2.45, 2.75) is 38.4 Å². The lowest BCUT2D eigenvalue weighted by molar-refractivity contribution is -0.165. The van der Waals surface area contributed by atoms with Crippen LogP contribution in [0.4, 0.5) is 13.2 Å². The van der Waals surface area contributed by atoms with Crippen molar-refractivity contribution in [1.29, 1.82) is 0 Å². The van der Waals surface area contributed by atoms with Gasteiger partial charge in [0.25, 0.3) is 0 Å². The van der Waals surface area contributed by atoms with E-state index < -0.39 is 18.6 Å². The molecule has 0 bridgehead atoms. The van der Waals surface area contributed by atoms with E-state index >= 15 is 0 Å². The highest BCUT2D eigenvalue weighted by atomic mass is 35.5. The SMILES string of the molecule is CC(C1CC1)N(CC(F)(F)F)C(=O)CCCl. The van der Waals surface area contributed by atoms with Gasteiger partial charge in [-0.25, -0.2) is 0 Å². The van der Waals surface area contributed by atoms with Crippen LogP contribution in [-0.2, 0) is 4.79 Å². The summed E-state index contributed by atoms with van der Waals surface area (Å²) in [4.78, 5) is 12.5. The van der Waals surface area contributed by atoms with Gasteiger partial charge in [0.1, 0.15) is 6.54 Å². The maximum atomic E-state index is 12.3. The van der Waals surface area contributed by atoms with Crippen LogP contribution in [0, 0.1) is 5.92 Å². The highest BCUT2D eigenvalue weighted by Gasteiger charge is 2.40. The smallest absolute Gasteiger partial charge is 0.331 e. The highest BCUT2D eigenvalue weighted by Crippen LogP contribution is 2.36. The zero-order valence-corrected chi connectivity index (χ0v) is 9.81. The number of hydrogen-bond acceptors (Lipinski definition) is 1. The Bertz CT molecular complexity index is 253. The summed E-state index contributed by atoms with van der Waals surface area (Å²) >= 11 is 5.38. The van der Waals surface area contributed by atoms with Crippen molar-refractivity contribution in [3.8, 4) is 0 Å². The monoisotopic (exact) mass is 257 g/mol. The summed E-state index contributed by atoms with van der Waals surface area (Å²) in [5, 5.41) is 0. The highest BCUT2D eigenvalue weighted by molar-refractivity contribution is 6.18. The van der Waals surface area contributed by atoms with Gasteiger partial charge >= 0.3 is 6.18 Å². The number of nitrogens with zero attached hydrogens (tertiary/aromatic N) is 1. The average Bonchev–Trinajstić information content (AvgIpc) is 2.95. The number of rotatable bonds is 5. The molecule has 0 N–H and O–H groups in total. The normalized spacial score (nSPS) is 18.3. The molecular weight excluding hydrogens is 243 g/mol. The number of carbonyl (C=O) groups is 1. The Hall–Kier alpha value is -0.450. The summed E-state index contributed by atoms with van der Waals surface area (Å²) in [6.07, 6.45) is -2.56. The van der Waals surface area contributed by atoms with Gasteiger partial charge < -0.3 is 4.90 Å². The molecule has 0 radical (unpaired) electrons. The molecule has 1 aliphatic rings. The number of hydrogen-bond donors (Lipinski definition) is 0. The molecule has 0 aromatic rings. The number of carbonyl (C=O) groups excluding carboxylic acids is 1. The van der Waals surface area contributed by atoms with Gasteiger partial charge in [-0.15, -0.1) is 11.6 Å². The van der Waals surface area contributed by atoms with E-state index in [4.69, 9.17) is 11.6 Å².